The fourth-order valence-electron chi connectivity index (χ4n) is 3.18. The van der Waals surface area contributed by atoms with Crippen molar-refractivity contribution < 1.29 is 27.5 Å². The topological polar surface area (TPSA) is 77.3 Å². The largest absolute Gasteiger partial charge is 0.432 e. The minimum atomic E-state index is -3.15. The van der Waals surface area contributed by atoms with Crippen molar-refractivity contribution in [2.45, 2.75) is 19.6 Å². The van der Waals surface area contributed by atoms with E-state index < -0.39 is 18.2 Å². The normalized spacial score (nSPS) is 14.2. The number of carbonyl (C=O) groups is 2. The number of rotatable bonds is 5. The zero-order valence-electron chi connectivity index (χ0n) is 15.0. The summed E-state index contributed by atoms with van der Waals surface area (Å²) in [5, 5.41) is 4.17. The lowest BCUT2D eigenvalue weighted by Gasteiger charge is -2.14. The van der Waals surface area contributed by atoms with Crippen LogP contribution in [0.15, 0.2) is 36.7 Å². The third-order valence-electron chi connectivity index (χ3n) is 4.64. The highest BCUT2D eigenvalue weighted by Gasteiger charge is 2.24. The monoisotopic (exact) mass is 404 g/mol. The first-order chi connectivity index (χ1) is 13.9. The fourth-order valence-corrected chi connectivity index (χ4v) is 3.18. The number of alkyl halides is 2. The Morgan fingerprint density at radius 2 is 2.03 bits per heavy atom. The van der Waals surface area contributed by atoms with Gasteiger partial charge >= 0.3 is 6.61 Å². The quantitative estimate of drug-likeness (QED) is 0.654. The van der Waals surface area contributed by atoms with Crippen LogP contribution in [0.3, 0.4) is 0 Å². The number of benzene rings is 1. The van der Waals surface area contributed by atoms with Crippen molar-refractivity contribution in [1.29, 1.82) is 0 Å². The van der Waals surface area contributed by atoms with Crippen LogP contribution in [0.25, 0.3) is 22.2 Å². The first kappa shape index (κ1) is 18.9. The molecule has 1 amide bonds. The fraction of sp³-hybridized carbons (Fsp3) is 0.263. The maximum atomic E-state index is 13.7. The number of hydrogen-bond donors (Lipinski definition) is 0. The molecule has 3 heterocycles. The lowest BCUT2D eigenvalue weighted by molar-refractivity contribution is -0.132. The van der Waals surface area contributed by atoms with Crippen LogP contribution in [0, 0.1) is 5.82 Å². The number of halogens is 3. The molecular formula is C19H15F3N4O3. The maximum Gasteiger partial charge on any atom is 0.387 e. The molecule has 10 heteroatoms. The van der Waals surface area contributed by atoms with Gasteiger partial charge in [-0.15, -0.1) is 0 Å². The second kappa shape index (κ2) is 7.53. The summed E-state index contributed by atoms with van der Waals surface area (Å²) < 4.78 is 44.2. The van der Waals surface area contributed by atoms with Crippen LogP contribution in [0.1, 0.15) is 6.42 Å². The lowest BCUT2D eigenvalue weighted by Crippen LogP contribution is -2.32. The summed E-state index contributed by atoms with van der Waals surface area (Å²) in [5.74, 6) is -1.69. The van der Waals surface area contributed by atoms with Crippen LogP contribution in [0.2, 0.25) is 0 Å². The summed E-state index contributed by atoms with van der Waals surface area (Å²) in [6, 6.07) is 5.28. The third-order valence-corrected chi connectivity index (χ3v) is 4.64. The molecule has 0 radical (unpaired) electrons. The van der Waals surface area contributed by atoms with Gasteiger partial charge in [-0.1, -0.05) is 6.07 Å². The Morgan fingerprint density at radius 3 is 2.76 bits per heavy atom. The smallest absolute Gasteiger partial charge is 0.387 e. The molecule has 0 aliphatic carbocycles. The molecule has 3 aromatic rings. The van der Waals surface area contributed by atoms with E-state index in [0.717, 1.165) is 12.1 Å². The second-order valence-electron chi connectivity index (χ2n) is 6.56. The number of likely N-dealkylation sites (tertiary alicyclic amines) is 1. The van der Waals surface area contributed by atoms with E-state index in [1.165, 1.54) is 28.0 Å². The van der Waals surface area contributed by atoms with Crippen LogP contribution in [-0.4, -0.2) is 51.1 Å². The van der Waals surface area contributed by atoms with Crippen molar-refractivity contribution in [2.75, 3.05) is 13.1 Å². The number of Topliss-reactive ketones (excluding diaryl/α,β-unsaturated/α-hetero) is 1. The van der Waals surface area contributed by atoms with Crippen molar-refractivity contribution >= 4 is 22.7 Å². The molecule has 4 rings (SSSR count). The number of aromatic nitrogens is 3. The molecule has 1 aromatic carbocycles. The molecule has 0 bridgehead atoms. The van der Waals surface area contributed by atoms with E-state index in [9.17, 15) is 22.8 Å². The van der Waals surface area contributed by atoms with Gasteiger partial charge in [0.1, 0.15) is 12.1 Å². The number of nitrogens with zero attached hydrogens (tertiary/aromatic N) is 4. The van der Waals surface area contributed by atoms with Crippen molar-refractivity contribution in [1.82, 2.24) is 19.7 Å². The molecule has 1 fully saturated rings. The molecule has 0 atom stereocenters. The van der Waals surface area contributed by atoms with Gasteiger partial charge in [-0.3, -0.25) is 19.3 Å². The number of pyridine rings is 1. The number of amides is 1. The highest BCUT2D eigenvalue weighted by molar-refractivity contribution is 5.90. The zero-order valence-corrected chi connectivity index (χ0v) is 15.0. The average molecular weight is 404 g/mol. The molecule has 29 heavy (non-hydrogen) atoms. The van der Waals surface area contributed by atoms with Crippen molar-refractivity contribution in [3.8, 4) is 16.9 Å². The summed E-state index contributed by atoms with van der Waals surface area (Å²) >= 11 is 0. The molecule has 0 unspecified atom stereocenters. The van der Waals surface area contributed by atoms with E-state index in [0.29, 0.717) is 35.1 Å². The summed E-state index contributed by atoms with van der Waals surface area (Å²) in [4.78, 5) is 29.5. The van der Waals surface area contributed by atoms with Crippen molar-refractivity contribution in [2.24, 2.45) is 0 Å². The highest BCUT2D eigenvalue weighted by atomic mass is 19.3. The highest BCUT2D eigenvalue weighted by Crippen LogP contribution is 2.29. The van der Waals surface area contributed by atoms with Gasteiger partial charge in [-0.2, -0.15) is 13.9 Å². The van der Waals surface area contributed by atoms with E-state index in [1.54, 1.807) is 6.07 Å². The van der Waals surface area contributed by atoms with E-state index in [1.807, 2.05) is 0 Å². The lowest BCUT2D eigenvalue weighted by atomic mass is 10.1. The molecule has 1 aliphatic rings. The predicted octanol–water partition coefficient (Wildman–Crippen LogP) is 2.64. The van der Waals surface area contributed by atoms with Crippen LogP contribution >= 0.6 is 0 Å². The summed E-state index contributed by atoms with van der Waals surface area (Å²) in [7, 11) is 0. The Labute approximate surface area is 162 Å². The molecule has 0 N–H and O–H groups in total. The minimum Gasteiger partial charge on any atom is -0.432 e. The van der Waals surface area contributed by atoms with Gasteiger partial charge in [0.15, 0.2) is 17.3 Å². The number of fused-ring (bicyclic) bond motifs is 1. The Morgan fingerprint density at radius 1 is 1.21 bits per heavy atom. The molecule has 0 saturated carbocycles. The Balaban J connectivity index is 1.63. The number of hydrogen-bond acceptors (Lipinski definition) is 5. The van der Waals surface area contributed by atoms with E-state index in [-0.39, 0.29) is 24.8 Å². The summed E-state index contributed by atoms with van der Waals surface area (Å²) in [6.45, 7) is -2.72. The van der Waals surface area contributed by atoms with Gasteiger partial charge < -0.3 is 9.64 Å². The number of ketones is 1. The van der Waals surface area contributed by atoms with Gasteiger partial charge in [0.25, 0.3) is 0 Å². The predicted molar refractivity (Wildman–Crippen MR) is 95.8 cm³/mol. The molecular weight excluding hydrogens is 389 g/mol. The Hall–Kier alpha value is -3.43. The zero-order chi connectivity index (χ0) is 20.5. The maximum absolute atomic E-state index is 13.7. The first-order valence-electron chi connectivity index (χ1n) is 8.76. The number of carbonyl (C=O) groups excluding carboxylic acids is 2. The van der Waals surface area contributed by atoms with E-state index >= 15 is 0 Å². The van der Waals surface area contributed by atoms with E-state index in [2.05, 4.69) is 14.8 Å². The summed E-state index contributed by atoms with van der Waals surface area (Å²) in [5.41, 5.74) is 2.01. The van der Waals surface area contributed by atoms with Crippen LogP contribution in [0.4, 0.5) is 13.2 Å². The molecule has 2 aromatic heterocycles. The van der Waals surface area contributed by atoms with E-state index in [4.69, 9.17) is 0 Å². The van der Waals surface area contributed by atoms with Crippen molar-refractivity contribution in [3.63, 3.8) is 0 Å². The molecule has 1 saturated heterocycles. The average Bonchev–Trinajstić information content (AvgIpc) is 3.29. The van der Waals surface area contributed by atoms with Gasteiger partial charge in [-0.05, 0) is 23.8 Å². The Kier molecular flexibility index (Phi) is 4.91. The van der Waals surface area contributed by atoms with Crippen molar-refractivity contribution in [3.05, 3.63) is 42.5 Å². The number of ether oxygens (including phenoxy) is 1. The Bertz CT molecular complexity index is 1100. The third kappa shape index (κ3) is 3.91. The van der Waals surface area contributed by atoms with Gasteiger partial charge in [0.2, 0.25) is 5.91 Å². The summed E-state index contributed by atoms with van der Waals surface area (Å²) in [6.07, 6.45) is 3.34. The van der Waals surface area contributed by atoms with Gasteiger partial charge in [0.05, 0.1) is 18.3 Å². The van der Waals surface area contributed by atoms with Gasteiger partial charge in [-0.25, -0.2) is 4.39 Å². The first-order valence-corrected chi connectivity index (χ1v) is 8.76. The standard InChI is InChI=1S/C19H15F3N4O3/c20-14-2-1-11(6-17(14)29-19(21)22)12-5-16-15(23-7-12)8-24-26(16)10-18(28)25-4-3-13(27)9-25/h1-2,5-8,19H,3-4,9-10H2. The second-order valence-corrected chi connectivity index (χ2v) is 6.56. The molecule has 7 nitrogen and oxygen atoms in total. The van der Waals surface area contributed by atoms with Gasteiger partial charge in [0, 0.05) is 24.7 Å². The molecule has 1 aliphatic heterocycles. The SMILES string of the molecule is O=C1CCN(C(=O)Cn2ncc3ncc(-c4ccc(F)c(OC(F)F)c4)cc32)C1. The van der Waals surface area contributed by atoms with Crippen LogP contribution in [0.5, 0.6) is 5.75 Å². The minimum absolute atomic E-state index is 0.0192. The van der Waals surface area contributed by atoms with Crippen LogP contribution in [-0.2, 0) is 16.1 Å². The molecule has 0 spiro atoms. The molecule has 150 valence electrons. The van der Waals surface area contributed by atoms with Crippen LogP contribution < -0.4 is 4.74 Å².